The van der Waals surface area contributed by atoms with Gasteiger partial charge < -0.3 is 18.9 Å². The molecule has 0 saturated heterocycles. The van der Waals surface area contributed by atoms with Crippen LogP contribution in [-0.2, 0) is 0 Å². The van der Waals surface area contributed by atoms with Crippen LogP contribution in [0.1, 0.15) is 16.7 Å². The molecule has 0 atom stereocenters. The van der Waals surface area contributed by atoms with Crippen molar-refractivity contribution in [3.05, 3.63) is 46.0 Å². The van der Waals surface area contributed by atoms with Crippen LogP contribution >= 0.6 is 11.6 Å². The van der Waals surface area contributed by atoms with Gasteiger partial charge in [0.25, 0.3) is 0 Å². The fourth-order valence-electron chi connectivity index (χ4n) is 2.33. The molecule has 0 N–H and O–H groups in total. The van der Waals surface area contributed by atoms with E-state index >= 15 is 0 Å². The normalized spacial score (nSPS) is 9.67. The number of methoxy groups -OCH3 is 4. The molecule has 0 aliphatic heterocycles. The summed E-state index contributed by atoms with van der Waals surface area (Å²) >= 11 is 5.88. The van der Waals surface area contributed by atoms with E-state index in [2.05, 4.69) is 0 Å². The summed E-state index contributed by atoms with van der Waals surface area (Å²) < 4.78 is 20.6. The van der Waals surface area contributed by atoms with Crippen molar-refractivity contribution in [2.75, 3.05) is 28.4 Å². The van der Waals surface area contributed by atoms with E-state index in [0.29, 0.717) is 10.8 Å². The Bertz CT molecular complexity index is 658. The minimum absolute atomic E-state index is 0.607. The van der Waals surface area contributed by atoms with E-state index < -0.39 is 0 Å². The Morgan fingerprint density at radius 3 is 1.58 bits per heavy atom. The number of benzene rings is 2. The molecule has 2 aromatic carbocycles. The summed E-state index contributed by atoms with van der Waals surface area (Å²) in [5, 5.41) is 0.607. The smallest absolute Gasteiger partial charge is 0.144 e. The Kier molecular flexibility index (Phi) is 7.72. The first-order valence-corrected chi connectivity index (χ1v) is 7.83. The number of hydrogen-bond acceptors (Lipinski definition) is 4. The van der Waals surface area contributed by atoms with Gasteiger partial charge in [0.15, 0.2) is 0 Å². The van der Waals surface area contributed by atoms with Gasteiger partial charge in [0, 0.05) is 11.1 Å². The third kappa shape index (κ3) is 4.71. The maximum Gasteiger partial charge on any atom is 0.144 e. The van der Waals surface area contributed by atoms with Crippen LogP contribution in [0.3, 0.4) is 0 Å². The summed E-state index contributed by atoms with van der Waals surface area (Å²) in [6.45, 7) is 5.91. The van der Waals surface area contributed by atoms with Gasteiger partial charge in [0.05, 0.1) is 33.5 Å². The quantitative estimate of drug-likeness (QED) is 0.777. The largest absolute Gasteiger partial charge is 0.496 e. The van der Waals surface area contributed by atoms with Crippen molar-refractivity contribution in [3.8, 4) is 23.0 Å². The van der Waals surface area contributed by atoms with E-state index in [1.54, 1.807) is 34.5 Å². The molecular weight excluding hydrogens is 328 g/mol. The summed E-state index contributed by atoms with van der Waals surface area (Å²) in [5.74, 6) is 3.23. The Morgan fingerprint density at radius 1 is 0.667 bits per heavy atom. The number of ether oxygens (including phenoxy) is 4. The van der Waals surface area contributed by atoms with Crippen molar-refractivity contribution >= 4 is 11.6 Å². The molecule has 4 nitrogen and oxygen atoms in total. The second-order valence-corrected chi connectivity index (χ2v) is 5.61. The number of halogens is 1. The van der Waals surface area contributed by atoms with E-state index in [4.69, 9.17) is 30.5 Å². The van der Waals surface area contributed by atoms with E-state index in [9.17, 15) is 0 Å². The molecule has 0 aliphatic rings. The zero-order valence-corrected chi connectivity index (χ0v) is 16.1. The lowest BCUT2D eigenvalue weighted by Gasteiger charge is -2.10. The van der Waals surface area contributed by atoms with Gasteiger partial charge in [-0.25, -0.2) is 0 Å². The minimum Gasteiger partial charge on any atom is -0.496 e. The van der Waals surface area contributed by atoms with Crippen molar-refractivity contribution < 1.29 is 18.9 Å². The molecule has 2 rings (SSSR count). The van der Waals surface area contributed by atoms with Gasteiger partial charge in [-0.05, 0) is 50.6 Å². The van der Waals surface area contributed by atoms with Crippen LogP contribution in [0, 0.1) is 20.8 Å². The number of hydrogen-bond donors (Lipinski definition) is 0. The first kappa shape index (κ1) is 20.0. The summed E-state index contributed by atoms with van der Waals surface area (Å²) in [7, 11) is 6.55. The van der Waals surface area contributed by atoms with Gasteiger partial charge in [-0.2, -0.15) is 0 Å². The molecule has 0 amide bonds. The Hall–Kier alpha value is -2.07. The molecule has 0 unspecified atom stereocenters. The highest BCUT2D eigenvalue weighted by atomic mass is 35.5. The Balaban J connectivity index is 0.000000240. The number of aryl methyl sites for hydroxylation is 1. The maximum absolute atomic E-state index is 5.88. The summed E-state index contributed by atoms with van der Waals surface area (Å²) in [5.41, 5.74) is 3.12. The van der Waals surface area contributed by atoms with Gasteiger partial charge in [-0.3, -0.25) is 0 Å². The minimum atomic E-state index is 0.607. The molecule has 0 radical (unpaired) electrons. The first-order chi connectivity index (χ1) is 11.4. The third-order valence-corrected chi connectivity index (χ3v) is 3.93. The lowest BCUT2D eigenvalue weighted by Crippen LogP contribution is -1.93. The SMILES string of the molecule is COc1cc(C)cc(OC)c1C.COc1ccc(Cl)c(OC)c1C. The molecule has 24 heavy (non-hydrogen) atoms. The van der Waals surface area contributed by atoms with Gasteiger partial charge >= 0.3 is 0 Å². The van der Waals surface area contributed by atoms with Gasteiger partial charge in [0.1, 0.15) is 23.0 Å². The van der Waals surface area contributed by atoms with Crippen LogP contribution in [0.5, 0.6) is 23.0 Å². The zero-order chi connectivity index (χ0) is 18.3. The van der Waals surface area contributed by atoms with E-state index in [-0.39, 0.29) is 0 Å². The highest BCUT2D eigenvalue weighted by molar-refractivity contribution is 6.32. The maximum atomic E-state index is 5.88. The highest BCUT2D eigenvalue weighted by Crippen LogP contribution is 2.34. The van der Waals surface area contributed by atoms with Crippen molar-refractivity contribution in [1.82, 2.24) is 0 Å². The first-order valence-electron chi connectivity index (χ1n) is 7.45. The fourth-order valence-corrected chi connectivity index (χ4v) is 2.61. The average molecular weight is 353 g/mol. The topological polar surface area (TPSA) is 36.9 Å². The molecular formula is C19H25ClO4. The molecule has 0 heterocycles. The molecule has 2 aromatic rings. The third-order valence-electron chi connectivity index (χ3n) is 3.63. The van der Waals surface area contributed by atoms with Crippen LogP contribution in [-0.4, -0.2) is 28.4 Å². The summed E-state index contributed by atoms with van der Waals surface area (Å²) in [4.78, 5) is 0. The molecule has 0 fully saturated rings. The summed E-state index contributed by atoms with van der Waals surface area (Å²) in [6.07, 6.45) is 0. The van der Waals surface area contributed by atoms with Crippen LogP contribution in [0.2, 0.25) is 5.02 Å². The van der Waals surface area contributed by atoms with Crippen molar-refractivity contribution in [2.45, 2.75) is 20.8 Å². The lowest BCUT2D eigenvalue weighted by atomic mass is 10.1. The molecule has 0 aliphatic carbocycles. The van der Waals surface area contributed by atoms with E-state index in [1.165, 1.54) is 0 Å². The fraction of sp³-hybridized carbons (Fsp3) is 0.368. The number of rotatable bonds is 4. The van der Waals surface area contributed by atoms with Crippen molar-refractivity contribution in [1.29, 1.82) is 0 Å². The van der Waals surface area contributed by atoms with E-state index in [0.717, 1.165) is 33.9 Å². The van der Waals surface area contributed by atoms with Crippen molar-refractivity contribution in [3.63, 3.8) is 0 Å². The Morgan fingerprint density at radius 2 is 1.17 bits per heavy atom. The van der Waals surface area contributed by atoms with Gasteiger partial charge in [-0.1, -0.05) is 11.6 Å². The standard InChI is InChI=1S/C10H14O2.C9H11ClO2/c1-7-5-9(11-3)8(2)10(6-7)12-4;1-6-8(11-2)5-4-7(10)9(6)12-3/h5-6H,1-4H3;4-5H,1-3H3. The van der Waals surface area contributed by atoms with Crippen LogP contribution < -0.4 is 18.9 Å². The molecule has 0 spiro atoms. The second kappa shape index (κ2) is 9.28. The molecule has 0 bridgehead atoms. The molecule has 132 valence electrons. The predicted molar refractivity (Wildman–Crippen MR) is 98.3 cm³/mol. The second-order valence-electron chi connectivity index (χ2n) is 5.20. The molecule has 5 heteroatoms. The van der Waals surface area contributed by atoms with Gasteiger partial charge in [-0.15, -0.1) is 0 Å². The van der Waals surface area contributed by atoms with Crippen LogP contribution in [0.4, 0.5) is 0 Å². The average Bonchev–Trinajstić information content (AvgIpc) is 2.57. The highest BCUT2D eigenvalue weighted by Gasteiger charge is 2.08. The lowest BCUT2D eigenvalue weighted by molar-refractivity contribution is 0.388. The zero-order valence-electron chi connectivity index (χ0n) is 15.3. The Labute approximate surface area is 149 Å². The predicted octanol–water partition coefficient (Wildman–Crippen LogP) is 4.99. The van der Waals surface area contributed by atoms with E-state index in [1.807, 2.05) is 39.0 Å². The van der Waals surface area contributed by atoms with Crippen LogP contribution in [0.25, 0.3) is 0 Å². The van der Waals surface area contributed by atoms with Gasteiger partial charge in [0.2, 0.25) is 0 Å². The molecule has 0 aromatic heterocycles. The summed E-state index contributed by atoms with van der Waals surface area (Å²) in [6, 6.07) is 7.57. The monoisotopic (exact) mass is 352 g/mol. The molecule has 0 saturated carbocycles. The van der Waals surface area contributed by atoms with Crippen LogP contribution in [0.15, 0.2) is 24.3 Å². The van der Waals surface area contributed by atoms with Crippen molar-refractivity contribution in [2.24, 2.45) is 0 Å².